The Morgan fingerprint density at radius 3 is 3.10 bits per heavy atom. The van der Waals surface area contributed by atoms with E-state index in [0.29, 0.717) is 0 Å². The van der Waals surface area contributed by atoms with Crippen LogP contribution in [0.25, 0.3) is 0 Å². The Hall–Kier alpha value is -0.490. The largest absolute Gasteiger partial charge is 0.392 e. The van der Waals surface area contributed by atoms with Gasteiger partial charge in [0.15, 0.2) is 0 Å². The van der Waals surface area contributed by atoms with E-state index in [-0.39, 0.29) is 18.2 Å². The predicted molar refractivity (Wildman–Crippen MR) is 79.8 cm³/mol. The van der Waals surface area contributed by atoms with E-state index in [0.717, 1.165) is 49.7 Å². The molecular weight excluding hydrogens is 272 g/mol. The SMILES string of the molecule is CC(O)C1CCCCN1Cc1csc(C2CCCO2)n1. The molecule has 2 aliphatic heterocycles. The summed E-state index contributed by atoms with van der Waals surface area (Å²) in [6.07, 6.45) is 5.77. The molecule has 3 unspecified atom stereocenters. The van der Waals surface area contributed by atoms with E-state index < -0.39 is 0 Å². The number of nitrogens with zero attached hydrogens (tertiary/aromatic N) is 2. The van der Waals surface area contributed by atoms with Gasteiger partial charge in [-0.3, -0.25) is 4.90 Å². The highest BCUT2D eigenvalue weighted by Crippen LogP contribution is 2.31. The first-order valence-electron chi connectivity index (χ1n) is 7.72. The molecule has 20 heavy (non-hydrogen) atoms. The lowest BCUT2D eigenvalue weighted by molar-refractivity contribution is 0.0309. The van der Waals surface area contributed by atoms with Gasteiger partial charge in [-0.15, -0.1) is 11.3 Å². The molecule has 0 saturated carbocycles. The zero-order chi connectivity index (χ0) is 13.9. The first-order valence-corrected chi connectivity index (χ1v) is 8.60. The zero-order valence-corrected chi connectivity index (χ0v) is 12.9. The molecule has 1 aromatic rings. The number of ether oxygens (including phenoxy) is 1. The first kappa shape index (κ1) is 14.4. The second-order valence-corrected chi connectivity index (χ2v) is 6.84. The van der Waals surface area contributed by atoms with Gasteiger partial charge in [0.25, 0.3) is 0 Å². The summed E-state index contributed by atoms with van der Waals surface area (Å²) in [5.74, 6) is 0. The quantitative estimate of drug-likeness (QED) is 0.928. The third-order valence-corrected chi connectivity index (χ3v) is 5.35. The Bertz CT molecular complexity index is 429. The molecule has 3 rings (SSSR count). The minimum Gasteiger partial charge on any atom is -0.392 e. The number of aliphatic hydroxyl groups excluding tert-OH is 1. The van der Waals surface area contributed by atoms with Gasteiger partial charge >= 0.3 is 0 Å². The molecule has 1 N–H and O–H groups in total. The zero-order valence-electron chi connectivity index (χ0n) is 12.1. The van der Waals surface area contributed by atoms with Crippen molar-refractivity contribution >= 4 is 11.3 Å². The summed E-state index contributed by atoms with van der Waals surface area (Å²) in [6, 6.07) is 0.289. The second-order valence-electron chi connectivity index (χ2n) is 5.95. The van der Waals surface area contributed by atoms with Crippen LogP contribution in [0.2, 0.25) is 0 Å². The van der Waals surface area contributed by atoms with E-state index in [2.05, 4.69) is 10.3 Å². The molecular formula is C15H24N2O2S. The van der Waals surface area contributed by atoms with Crippen LogP contribution in [0.3, 0.4) is 0 Å². The van der Waals surface area contributed by atoms with Crippen molar-refractivity contribution in [3.05, 3.63) is 16.1 Å². The highest BCUT2D eigenvalue weighted by atomic mass is 32.1. The number of thiazole rings is 1. The van der Waals surface area contributed by atoms with Crippen LogP contribution in [0.15, 0.2) is 5.38 Å². The summed E-state index contributed by atoms with van der Waals surface area (Å²) in [5.41, 5.74) is 1.13. The molecule has 1 aromatic heterocycles. The van der Waals surface area contributed by atoms with Crippen LogP contribution in [0.5, 0.6) is 0 Å². The summed E-state index contributed by atoms with van der Waals surface area (Å²) in [4.78, 5) is 7.14. The number of likely N-dealkylation sites (tertiary alicyclic amines) is 1. The fourth-order valence-corrected chi connectivity index (χ4v) is 4.17. The van der Waals surface area contributed by atoms with E-state index in [9.17, 15) is 5.11 Å². The Morgan fingerprint density at radius 1 is 1.45 bits per heavy atom. The van der Waals surface area contributed by atoms with Gasteiger partial charge in [0.05, 0.1) is 11.8 Å². The topological polar surface area (TPSA) is 45.6 Å². The Labute approximate surface area is 124 Å². The number of hydrogen-bond acceptors (Lipinski definition) is 5. The Balaban J connectivity index is 1.64. The normalized spacial score (nSPS) is 29.7. The van der Waals surface area contributed by atoms with Gasteiger partial charge in [-0.25, -0.2) is 4.98 Å². The number of rotatable bonds is 4. The van der Waals surface area contributed by atoms with Crippen molar-refractivity contribution in [1.29, 1.82) is 0 Å². The van der Waals surface area contributed by atoms with E-state index >= 15 is 0 Å². The Morgan fingerprint density at radius 2 is 2.35 bits per heavy atom. The van der Waals surface area contributed by atoms with Gasteiger partial charge in [-0.05, 0) is 39.2 Å². The summed E-state index contributed by atoms with van der Waals surface area (Å²) in [7, 11) is 0. The fourth-order valence-electron chi connectivity index (χ4n) is 3.28. The van der Waals surface area contributed by atoms with Gasteiger partial charge in [0, 0.05) is 24.6 Å². The molecule has 0 bridgehead atoms. The molecule has 0 aromatic carbocycles. The van der Waals surface area contributed by atoms with Crippen molar-refractivity contribution in [3.8, 4) is 0 Å². The fraction of sp³-hybridized carbons (Fsp3) is 0.800. The third-order valence-electron chi connectivity index (χ3n) is 4.36. The average Bonchev–Trinajstić information content (AvgIpc) is 3.09. The third kappa shape index (κ3) is 3.22. The van der Waals surface area contributed by atoms with Gasteiger partial charge in [-0.2, -0.15) is 0 Å². The minimum absolute atomic E-state index is 0.225. The van der Waals surface area contributed by atoms with Crippen molar-refractivity contribution in [2.75, 3.05) is 13.2 Å². The van der Waals surface area contributed by atoms with Crippen molar-refractivity contribution in [1.82, 2.24) is 9.88 Å². The van der Waals surface area contributed by atoms with Gasteiger partial charge in [-0.1, -0.05) is 6.42 Å². The number of aliphatic hydroxyl groups is 1. The summed E-state index contributed by atoms with van der Waals surface area (Å²) in [5, 5.41) is 13.2. The molecule has 0 aliphatic carbocycles. The van der Waals surface area contributed by atoms with Gasteiger partial charge in [0.2, 0.25) is 0 Å². The van der Waals surface area contributed by atoms with Crippen LogP contribution in [0.4, 0.5) is 0 Å². The maximum atomic E-state index is 9.92. The molecule has 0 spiro atoms. The van der Waals surface area contributed by atoms with Crippen LogP contribution >= 0.6 is 11.3 Å². The van der Waals surface area contributed by atoms with Crippen LogP contribution in [0, 0.1) is 0 Å². The van der Waals surface area contributed by atoms with E-state index in [1.807, 2.05) is 6.92 Å². The van der Waals surface area contributed by atoms with Crippen LogP contribution in [-0.2, 0) is 11.3 Å². The number of aromatic nitrogens is 1. The molecule has 112 valence electrons. The Kier molecular flexibility index (Phi) is 4.71. The summed E-state index contributed by atoms with van der Waals surface area (Å²) in [6.45, 7) is 4.71. The highest BCUT2D eigenvalue weighted by molar-refractivity contribution is 7.09. The maximum absolute atomic E-state index is 9.92. The van der Waals surface area contributed by atoms with Gasteiger partial charge in [0.1, 0.15) is 11.1 Å². The molecule has 4 nitrogen and oxygen atoms in total. The number of hydrogen-bond donors (Lipinski definition) is 1. The second kappa shape index (κ2) is 6.52. The highest BCUT2D eigenvalue weighted by Gasteiger charge is 2.27. The smallest absolute Gasteiger partial charge is 0.122 e. The number of piperidine rings is 1. The molecule has 2 aliphatic rings. The molecule has 5 heteroatoms. The maximum Gasteiger partial charge on any atom is 0.122 e. The van der Waals surface area contributed by atoms with E-state index in [1.165, 1.54) is 12.8 Å². The van der Waals surface area contributed by atoms with Crippen LogP contribution < -0.4 is 0 Å². The van der Waals surface area contributed by atoms with Crippen molar-refractivity contribution in [2.45, 2.75) is 63.8 Å². The van der Waals surface area contributed by atoms with Gasteiger partial charge < -0.3 is 9.84 Å². The van der Waals surface area contributed by atoms with Crippen molar-refractivity contribution < 1.29 is 9.84 Å². The predicted octanol–water partition coefficient (Wildman–Crippen LogP) is 2.73. The standard InChI is InChI=1S/C15H24N2O2S/c1-11(18)13-5-2-3-7-17(13)9-12-10-20-15(16-12)14-6-4-8-19-14/h10-11,13-14,18H,2-9H2,1H3. The van der Waals surface area contributed by atoms with Crippen LogP contribution in [0.1, 0.15) is 55.8 Å². The summed E-state index contributed by atoms with van der Waals surface area (Å²) >= 11 is 1.72. The molecule has 3 atom stereocenters. The lowest BCUT2D eigenvalue weighted by atomic mass is 9.98. The van der Waals surface area contributed by atoms with E-state index in [4.69, 9.17) is 9.72 Å². The molecule has 2 fully saturated rings. The van der Waals surface area contributed by atoms with E-state index in [1.54, 1.807) is 11.3 Å². The monoisotopic (exact) mass is 296 g/mol. The average molecular weight is 296 g/mol. The molecule has 2 saturated heterocycles. The first-order chi connectivity index (χ1) is 9.74. The lowest BCUT2D eigenvalue weighted by Crippen LogP contribution is -2.45. The summed E-state index contributed by atoms with van der Waals surface area (Å²) < 4.78 is 5.70. The molecule has 0 amide bonds. The van der Waals surface area contributed by atoms with Crippen molar-refractivity contribution in [2.24, 2.45) is 0 Å². The minimum atomic E-state index is -0.258. The molecule has 0 radical (unpaired) electrons. The van der Waals surface area contributed by atoms with Crippen molar-refractivity contribution in [3.63, 3.8) is 0 Å². The molecule has 3 heterocycles. The lowest BCUT2D eigenvalue weighted by Gasteiger charge is -2.37. The van der Waals surface area contributed by atoms with Crippen LogP contribution in [-0.4, -0.2) is 40.3 Å².